The summed E-state index contributed by atoms with van der Waals surface area (Å²) in [4.78, 5) is 39.3. The number of nitrogens with one attached hydrogen (secondary N) is 2. The van der Waals surface area contributed by atoms with Gasteiger partial charge in [0.2, 0.25) is 0 Å². The first-order valence-electron chi connectivity index (χ1n) is 8.71. The third kappa shape index (κ3) is 2.45. The SMILES string of the molecule is C[C@@H]1CN(C)C[C@H](C(=O)NNC(=O)[C@@]23CC[C@@](C)(C(=O)O2)C3(C)C)O1. The van der Waals surface area contributed by atoms with Crippen LogP contribution in [0.25, 0.3) is 0 Å². The van der Waals surface area contributed by atoms with E-state index in [0.717, 1.165) is 6.54 Å². The molecule has 0 aromatic carbocycles. The van der Waals surface area contributed by atoms with E-state index in [4.69, 9.17) is 9.47 Å². The minimum Gasteiger partial charge on any atom is -0.448 e. The molecule has 2 N–H and O–H groups in total. The molecule has 0 radical (unpaired) electrons. The van der Waals surface area contributed by atoms with Gasteiger partial charge in [0.25, 0.3) is 11.8 Å². The van der Waals surface area contributed by atoms with Crippen LogP contribution in [0.1, 0.15) is 40.5 Å². The normalized spacial score (nSPS) is 39.8. The summed E-state index contributed by atoms with van der Waals surface area (Å²) in [6.07, 6.45) is 0.325. The second kappa shape index (κ2) is 5.67. The van der Waals surface area contributed by atoms with Crippen LogP contribution in [0, 0.1) is 10.8 Å². The Morgan fingerprint density at radius 3 is 2.36 bits per heavy atom. The van der Waals surface area contributed by atoms with E-state index in [2.05, 4.69) is 10.9 Å². The largest absolute Gasteiger partial charge is 0.448 e. The second-order valence-electron chi connectivity index (χ2n) is 8.27. The fraction of sp³-hybridized carbons (Fsp3) is 0.824. The zero-order valence-corrected chi connectivity index (χ0v) is 15.5. The van der Waals surface area contributed by atoms with Gasteiger partial charge in [0.15, 0.2) is 11.7 Å². The minimum atomic E-state index is -1.25. The monoisotopic (exact) mass is 353 g/mol. The Labute approximate surface area is 147 Å². The molecule has 2 aliphatic heterocycles. The van der Waals surface area contributed by atoms with Gasteiger partial charge in [0, 0.05) is 18.5 Å². The lowest BCUT2D eigenvalue weighted by molar-refractivity contribution is -0.169. The number of carbonyl (C=O) groups excluding carboxylic acids is 3. The van der Waals surface area contributed by atoms with Gasteiger partial charge in [0.05, 0.1) is 11.5 Å². The molecule has 4 atom stereocenters. The molecule has 3 rings (SSSR count). The summed E-state index contributed by atoms with van der Waals surface area (Å²) in [5.41, 5.74) is 2.30. The van der Waals surface area contributed by atoms with E-state index in [-0.39, 0.29) is 12.1 Å². The van der Waals surface area contributed by atoms with E-state index in [9.17, 15) is 14.4 Å². The fourth-order valence-electron chi connectivity index (χ4n) is 4.35. The van der Waals surface area contributed by atoms with Crippen molar-refractivity contribution in [2.45, 2.75) is 58.3 Å². The molecule has 8 heteroatoms. The molecule has 0 aromatic heterocycles. The van der Waals surface area contributed by atoms with E-state index in [0.29, 0.717) is 19.4 Å². The van der Waals surface area contributed by atoms with Crippen molar-refractivity contribution in [1.29, 1.82) is 0 Å². The molecule has 3 aliphatic rings. The van der Waals surface area contributed by atoms with Crippen molar-refractivity contribution < 1.29 is 23.9 Å². The average molecular weight is 353 g/mol. The van der Waals surface area contributed by atoms with Crippen molar-refractivity contribution in [1.82, 2.24) is 15.8 Å². The van der Waals surface area contributed by atoms with Crippen LogP contribution in [0.4, 0.5) is 0 Å². The lowest BCUT2D eigenvalue weighted by Gasteiger charge is -2.36. The topological polar surface area (TPSA) is 97.0 Å². The van der Waals surface area contributed by atoms with Gasteiger partial charge in [-0.15, -0.1) is 0 Å². The molecule has 2 saturated heterocycles. The van der Waals surface area contributed by atoms with Crippen molar-refractivity contribution in [3.05, 3.63) is 0 Å². The van der Waals surface area contributed by atoms with Gasteiger partial charge in [-0.1, -0.05) is 13.8 Å². The van der Waals surface area contributed by atoms with Crippen LogP contribution in [-0.2, 0) is 23.9 Å². The molecule has 0 spiro atoms. The van der Waals surface area contributed by atoms with Crippen LogP contribution < -0.4 is 10.9 Å². The highest BCUT2D eigenvalue weighted by Crippen LogP contribution is 2.65. The molecule has 1 saturated carbocycles. The Balaban J connectivity index is 1.65. The van der Waals surface area contributed by atoms with Crippen LogP contribution in [0.2, 0.25) is 0 Å². The van der Waals surface area contributed by atoms with Gasteiger partial charge in [0.1, 0.15) is 0 Å². The average Bonchev–Trinajstić information content (AvgIpc) is 2.81. The maximum Gasteiger partial charge on any atom is 0.313 e. The number of esters is 1. The number of rotatable bonds is 2. The standard InChI is InChI=1S/C17H27N3O5/c1-10-8-20(5)9-11(24-10)12(21)18-19-13(22)17-7-6-16(4,14(23)25-17)15(17,2)3/h10-11H,6-9H2,1-5H3,(H,18,21)(H,19,22)/t10-,11-,16+,17-/m1/s1. The molecule has 2 bridgehead atoms. The predicted molar refractivity (Wildman–Crippen MR) is 88.1 cm³/mol. The van der Waals surface area contributed by atoms with Crippen molar-refractivity contribution in [3.8, 4) is 0 Å². The summed E-state index contributed by atoms with van der Waals surface area (Å²) < 4.78 is 11.1. The van der Waals surface area contributed by atoms with Gasteiger partial charge in [-0.05, 0) is 33.7 Å². The summed E-state index contributed by atoms with van der Waals surface area (Å²) in [5.74, 6) is -1.25. The van der Waals surface area contributed by atoms with Gasteiger partial charge < -0.3 is 14.4 Å². The summed E-state index contributed by atoms with van der Waals surface area (Å²) >= 11 is 0. The molecule has 1 aliphatic carbocycles. The molecule has 8 nitrogen and oxygen atoms in total. The molecule has 0 unspecified atom stereocenters. The third-order valence-corrected chi connectivity index (χ3v) is 6.48. The molecular formula is C17H27N3O5. The molecule has 3 fully saturated rings. The molecule has 25 heavy (non-hydrogen) atoms. The fourth-order valence-corrected chi connectivity index (χ4v) is 4.35. The molecular weight excluding hydrogens is 326 g/mol. The number of likely N-dealkylation sites (N-methyl/N-ethyl adjacent to an activating group) is 1. The number of ether oxygens (including phenoxy) is 2. The van der Waals surface area contributed by atoms with E-state index < -0.39 is 34.3 Å². The van der Waals surface area contributed by atoms with Crippen molar-refractivity contribution in [2.24, 2.45) is 10.8 Å². The number of carbonyl (C=O) groups is 3. The maximum absolute atomic E-state index is 12.8. The van der Waals surface area contributed by atoms with Crippen molar-refractivity contribution >= 4 is 17.8 Å². The van der Waals surface area contributed by atoms with Gasteiger partial charge in [-0.2, -0.15) is 0 Å². The first-order chi connectivity index (χ1) is 11.5. The van der Waals surface area contributed by atoms with E-state index >= 15 is 0 Å². The summed E-state index contributed by atoms with van der Waals surface area (Å²) in [6, 6.07) is 0. The second-order valence-corrected chi connectivity index (χ2v) is 8.27. The highest BCUT2D eigenvalue weighted by molar-refractivity contribution is 5.97. The molecule has 140 valence electrons. The number of fused-ring (bicyclic) bond motifs is 2. The van der Waals surface area contributed by atoms with Gasteiger partial charge in [-0.25, -0.2) is 0 Å². The van der Waals surface area contributed by atoms with E-state index in [1.54, 1.807) is 0 Å². The summed E-state index contributed by atoms with van der Waals surface area (Å²) in [6.45, 7) is 8.68. The zero-order chi connectivity index (χ0) is 18.6. The molecule has 2 amide bonds. The predicted octanol–water partition coefficient (Wildman–Crippen LogP) is -0.0252. The highest BCUT2D eigenvalue weighted by Gasteiger charge is 2.75. The molecule has 2 heterocycles. The zero-order valence-electron chi connectivity index (χ0n) is 15.5. The Bertz CT molecular complexity index is 611. The maximum atomic E-state index is 12.8. The van der Waals surface area contributed by atoms with Crippen LogP contribution in [-0.4, -0.2) is 60.6 Å². The van der Waals surface area contributed by atoms with Gasteiger partial charge in [-0.3, -0.25) is 25.2 Å². The number of hydrazine groups is 1. The number of hydrogen-bond acceptors (Lipinski definition) is 6. The van der Waals surface area contributed by atoms with E-state index in [1.807, 2.05) is 39.6 Å². The number of hydrogen-bond donors (Lipinski definition) is 2. The lowest BCUT2D eigenvalue weighted by Crippen LogP contribution is -2.60. The Morgan fingerprint density at radius 1 is 1.16 bits per heavy atom. The number of amides is 2. The van der Waals surface area contributed by atoms with Gasteiger partial charge >= 0.3 is 5.97 Å². The van der Waals surface area contributed by atoms with Crippen molar-refractivity contribution in [3.63, 3.8) is 0 Å². The first kappa shape index (κ1) is 18.1. The smallest absolute Gasteiger partial charge is 0.313 e. The van der Waals surface area contributed by atoms with Crippen LogP contribution in [0.3, 0.4) is 0 Å². The van der Waals surface area contributed by atoms with Crippen LogP contribution in [0.15, 0.2) is 0 Å². The van der Waals surface area contributed by atoms with E-state index in [1.165, 1.54) is 0 Å². The third-order valence-electron chi connectivity index (χ3n) is 6.48. The van der Waals surface area contributed by atoms with Crippen LogP contribution >= 0.6 is 0 Å². The quantitative estimate of drug-likeness (QED) is 0.535. The summed E-state index contributed by atoms with van der Waals surface area (Å²) in [7, 11) is 1.91. The minimum absolute atomic E-state index is 0.0611. The number of morpholine rings is 1. The Morgan fingerprint density at radius 2 is 1.84 bits per heavy atom. The van der Waals surface area contributed by atoms with Crippen molar-refractivity contribution in [2.75, 3.05) is 20.1 Å². The lowest BCUT2D eigenvalue weighted by atomic mass is 9.66. The van der Waals surface area contributed by atoms with Crippen LogP contribution in [0.5, 0.6) is 0 Å². The highest BCUT2D eigenvalue weighted by atomic mass is 16.6. The first-order valence-corrected chi connectivity index (χ1v) is 8.71. The summed E-state index contributed by atoms with van der Waals surface area (Å²) in [5, 5.41) is 0. The number of nitrogens with zero attached hydrogens (tertiary/aromatic N) is 1. The Kier molecular flexibility index (Phi) is 4.11. The molecule has 0 aromatic rings. The Hall–Kier alpha value is -1.67.